The van der Waals surface area contributed by atoms with E-state index in [1.807, 2.05) is 12.1 Å². The summed E-state index contributed by atoms with van der Waals surface area (Å²) in [7, 11) is 0. The van der Waals surface area contributed by atoms with Gasteiger partial charge in [0.25, 0.3) is 0 Å². The first-order valence-electron chi connectivity index (χ1n) is 6.08. The summed E-state index contributed by atoms with van der Waals surface area (Å²) in [6.45, 7) is 2.88. The Morgan fingerprint density at radius 1 is 1.25 bits per heavy atom. The highest BCUT2D eigenvalue weighted by molar-refractivity contribution is 9.10. The molecule has 2 aromatic rings. The standard InChI is InChI=1S/C13H13BrCl2N4/c1-2-5-17-13-18-7-10(16)12(20-13)19-11-6-8(14)3-4-9(11)15/h3-4,6-7H,2,5H2,1H3,(H2,17,18,19,20). The Kier molecular flexibility index (Phi) is 5.46. The van der Waals surface area contributed by atoms with E-state index in [4.69, 9.17) is 23.2 Å². The molecule has 2 rings (SSSR count). The molecule has 0 aliphatic carbocycles. The van der Waals surface area contributed by atoms with Crippen molar-refractivity contribution >= 4 is 56.6 Å². The molecule has 0 aliphatic rings. The van der Waals surface area contributed by atoms with Crippen LogP contribution in [0.3, 0.4) is 0 Å². The molecule has 0 radical (unpaired) electrons. The molecule has 0 saturated heterocycles. The van der Waals surface area contributed by atoms with Gasteiger partial charge in [0, 0.05) is 11.0 Å². The van der Waals surface area contributed by atoms with Crippen LogP contribution in [0.25, 0.3) is 0 Å². The van der Waals surface area contributed by atoms with Gasteiger partial charge in [-0.15, -0.1) is 0 Å². The second-order valence-electron chi connectivity index (χ2n) is 4.07. The molecule has 0 bridgehead atoms. The first-order chi connectivity index (χ1) is 9.60. The van der Waals surface area contributed by atoms with E-state index >= 15 is 0 Å². The predicted molar refractivity (Wildman–Crippen MR) is 88.3 cm³/mol. The lowest BCUT2D eigenvalue weighted by Gasteiger charge is -2.11. The van der Waals surface area contributed by atoms with Crippen LogP contribution in [0.2, 0.25) is 10.0 Å². The first-order valence-corrected chi connectivity index (χ1v) is 7.63. The van der Waals surface area contributed by atoms with Gasteiger partial charge in [-0.25, -0.2) is 4.98 Å². The molecule has 20 heavy (non-hydrogen) atoms. The van der Waals surface area contributed by atoms with E-state index in [1.54, 1.807) is 12.3 Å². The van der Waals surface area contributed by atoms with Crippen molar-refractivity contribution in [3.8, 4) is 0 Å². The molecule has 4 nitrogen and oxygen atoms in total. The third kappa shape index (κ3) is 3.98. The molecule has 2 N–H and O–H groups in total. The number of halogens is 3. The summed E-state index contributed by atoms with van der Waals surface area (Å²) in [5.41, 5.74) is 0.725. The maximum absolute atomic E-state index is 6.14. The SMILES string of the molecule is CCCNc1ncc(Cl)c(Nc2cc(Br)ccc2Cl)n1. The van der Waals surface area contributed by atoms with Crippen molar-refractivity contribution in [3.05, 3.63) is 38.9 Å². The number of hydrogen-bond acceptors (Lipinski definition) is 4. The van der Waals surface area contributed by atoms with Crippen LogP contribution in [0.15, 0.2) is 28.9 Å². The van der Waals surface area contributed by atoms with E-state index in [1.165, 1.54) is 0 Å². The average molecular weight is 376 g/mol. The van der Waals surface area contributed by atoms with Crippen molar-refractivity contribution in [1.82, 2.24) is 9.97 Å². The van der Waals surface area contributed by atoms with E-state index in [0.29, 0.717) is 21.8 Å². The molecule has 1 aromatic carbocycles. The van der Waals surface area contributed by atoms with Gasteiger partial charge in [0.1, 0.15) is 5.02 Å². The second-order valence-corrected chi connectivity index (χ2v) is 5.80. The summed E-state index contributed by atoms with van der Waals surface area (Å²) in [5, 5.41) is 7.25. The number of aromatic nitrogens is 2. The summed E-state index contributed by atoms with van der Waals surface area (Å²) < 4.78 is 0.916. The van der Waals surface area contributed by atoms with Gasteiger partial charge in [-0.05, 0) is 24.6 Å². The average Bonchev–Trinajstić information content (AvgIpc) is 2.43. The lowest BCUT2D eigenvalue weighted by atomic mass is 10.3. The fourth-order valence-electron chi connectivity index (χ4n) is 1.50. The molecule has 0 spiro atoms. The van der Waals surface area contributed by atoms with Crippen molar-refractivity contribution in [2.45, 2.75) is 13.3 Å². The topological polar surface area (TPSA) is 49.8 Å². The monoisotopic (exact) mass is 374 g/mol. The molecule has 0 aliphatic heterocycles. The molecule has 7 heteroatoms. The third-order valence-electron chi connectivity index (χ3n) is 2.46. The van der Waals surface area contributed by atoms with Crippen molar-refractivity contribution in [3.63, 3.8) is 0 Å². The molecule has 0 atom stereocenters. The zero-order valence-corrected chi connectivity index (χ0v) is 13.8. The number of rotatable bonds is 5. The molecule has 106 valence electrons. The van der Waals surface area contributed by atoms with Gasteiger partial charge in [0.2, 0.25) is 5.95 Å². The van der Waals surface area contributed by atoms with Crippen molar-refractivity contribution in [1.29, 1.82) is 0 Å². The zero-order chi connectivity index (χ0) is 14.5. The Bertz CT molecular complexity index is 607. The molecular formula is C13H13BrCl2N4. The number of nitrogens with one attached hydrogen (secondary N) is 2. The van der Waals surface area contributed by atoms with Crippen molar-refractivity contribution in [2.24, 2.45) is 0 Å². The van der Waals surface area contributed by atoms with Crippen LogP contribution in [-0.2, 0) is 0 Å². The van der Waals surface area contributed by atoms with Crippen LogP contribution in [0.5, 0.6) is 0 Å². The second kappa shape index (κ2) is 7.11. The van der Waals surface area contributed by atoms with Crippen LogP contribution < -0.4 is 10.6 Å². The Balaban J connectivity index is 2.25. The van der Waals surface area contributed by atoms with Crippen molar-refractivity contribution < 1.29 is 0 Å². The zero-order valence-electron chi connectivity index (χ0n) is 10.8. The summed E-state index contributed by atoms with van der Waals surface area (Å²) in [5.74, 6) is 1.05. The maximum atomic E-state index is 6.14. The number of benzene rings is 1. The third-order valence-corrected chi connectivity index (χ3v) is 3.56. The molecular weight excluding hydrogens is 363 g/mol. The van der Waals surface area contributed by atoms with Crippen molar-refractivity contribution in [2.75, 3.05) is 17.2 Å². The Morgan fingerprint density at radius 3 is 2.80 bits per heavy atom. The maximum Gasteiger partial charge on any atom is 0.224 e. The fraction of sp³-hybridized carbons (Fsp3) is 0.231. The van der Waals surface area contributed by atoms with Gasteiger partial charge in [-0.1, -0.05) is 46.1 Å². The van der Waals surface area contributed by atoms with Gasteiger partial charge < -0.3 is 10.6 Å². The smallest absolute Gasteiger partial charge is 0.224 e. The highest BCUT2D eigenvalue weighted by Gasteiger charge is 2.08. The Hall–Kier alpha value is -1.04. The quantitative estimate of drug-likeness (QED) is 0.762. The van der Waals surface area contributed by atoms with Crippen LogP contribution in [0.4, 0.5) is 17.5 Å². The first kappa shape index (κ1) is 15.4. The molecule has 0 saturated carbocycles. The largest absolute Gasteiger partial charge is 0.354 e. The minimum absolute atomic E-state index is 0.433. The lowest BCUT2D eigenvalue weighted by Crippen LogP contribution is -2.06. The van der Waals surface area contributed by atoms with Gasteiger partial charge in [-0.3, -0.25) is 0 Å². The van der Waals surface area contributed by atoms with E-state index in [-0.39, 0.29) is 0 Å². The molecule has 0 fully saturated rings. The highest BCUT2D eigenvalue weighted by Crippen LogP contribution is 2.30. The minimum Gasteiger partial charge on any atom is -0.354 e. The normalized spacial score (nSPS) is 10.4. The molecule has 1 aromatic heterocycles. The highest BCUT2D eigenvalue weighted by atomic mass is 79.9. The van der Waals surface area contributed by atoms with E-state index in [2.05, 4.69) is 43.5 Å². The van der Waals surface area contributed by atoms with Gasteiger partial charge >= 0.3 is 0 Å². The number of nitrogens with zero attached hydrogens (tertiary/aromatic N) is 2. The van der Waals surface area contributed by atoms with Gasteiger partial charge in [-0.2, -0.15) is 4.98 Å². The number of anilines is 3. The number of hydrogen-bond donors (Lipinski definition) is 2. The molecule has 0 unspecified atom stereocenters. The van der Waals surface area contributed by atoms with Gasteiger partial charge in [0.15, 0.2) is 5.82 Å². The Morgan fingerprint density at radius 2 is 2.05 bits per heavy atom. The summed E-state index contributed by atoms with van der Waals surface area (Å²) in [6.07, 6.45) is 2.55. The van der Waals surface area contributed by atoms with Crippen LogP contribution in [0, 0.1) is 0 Å². The summed E-state index contributed by atoms with van der Waals surface area (Å²) in [6, 6.07) is 5.52. The lowest BCUT2D eigenvalue weighted by molar-refractivity contribution is 0.953. The van der Waals surface area contributed by atoms with Gasteiger partial charge in [0.05, 0.1) is 16.9 Å². The summed E-state index contributed by atoms with van der Waals surface area (Å²) in [4.78, 5) is 8.46. The van der Waals surface area contributed by atoms with Crippen LogP contribution in [-0.4, -0.2) is 16.5 Å². The van der Waals surface area contributed by atoms with Crippen LogP contribution in [0.1, 0.15) is 13.3 Å². The minimum atomic E-state index is 0.433. The predicted octanol–water partition coefficient (Wildman–Crippen LogP) is 5.11. The summed E-state index contributed by atoms with van der Waals surface area (Å²) >= 11 is 15.6. The molecule has 0 amide bonds. The Labute approximate surface area is 136 Å². The van der Waals surface area contributed by atoms with E-state index < -0.39 is 0 Å². The van der Waals surface area contributed by atoms with Crippen LogP contribution >= 0.6 is 39.1 Å². The molecule has 1 heterocycles. The fourth-order valence-corrected chi connectivity index (χ4v) is 2.16. The van der Waals surface area contributed by atoms with E-state index in [0.717, 1.165) is 23.1 Å². The van der Waals surface area contributed by atoms with E-state index in [9.17, 15) is 0 Å².